The molecule has 3 heterocycles. The van der Waals surface area contributed by atoms with Crippen molar-refractivity contribution in [2.24, 2.45) is 14.1 Å². The lowest BCUT2D eigenvalue weighted by molar-refractivity contribution is 0.108. The fourth-order valence-electron chi connectivity index (χ4n) is 3.01. The fourth-order valence-corrected chi connectivity index (χ4v) is 4.43. The molecule has 126 valence electrons. The zero-order valence-corrected chi connectivity index (χ0v) is 14.6. The second-order valence-electron chi connectivity index (χ2n) is 5.75. The number of aryl methyl sites for hydroxylation is 3. The van der Waals surface area contributed by atoms with E-state index in [1.165, 1.54) is 0 Å². The van der Waals surface area contributed by atoms with Gasteiger partial charge in [-0.25, -0.2) is 13.1 Å². The van der Waals surface area contributed by atoms with Gasteiger partial charge in [-0.15, -0.1) is 0 Å². The molecule has 0 saturated heterocycles. The summed E-state index contributed by atoms with van der Waals surface area (Å²) in [6, 6.07) is 0. The van der Waals surface area contributed by atoms with Crippen molar-refractivity contribution in [1.82, 2.24) is 24.3 Å². The lowest BCUT2D eigenvalue weighted by Gasteiger charge is -2.14. The molecular formula is C14H21N5O3S. The molecule has 3 rings (SSSR count). The van der Waals surface area contributed by atoms with Gasteiger partial charge in [-0.3, -0.25) is 9.36 Å². The Morgan fingerprint density at radius 1 is 1.22 bits per heavy atom. The largest absolute Gasteiger partial charge is 0.376 e. The minimum Gasteiger partial charge on any atom is -0.376 e. The number of ether oxygens (including phenoxy) is 1. The smallest absolute Gasteiger partial charge is 0.244 e. The summed E-state index contributed by atoms with van der Waals surface area (Å²) in [6.45, 7) is 4.72. The van der Waals surface area contributed by atoms with Gasteiger partial charge >= 0.3 is 0 Å². The Morgan fingerprint density at radius 3 is 2.61 bits per heavy atom. The van der Waals surface area contributed by atoms with E-state index in [2.05, 4.69) is 14.9 Å². The van der Waals surface area contributed by atoms with E-state index in [9.17, 15) is 8.42 Å². The Labute approximate surface area is 135 Å². The molecule has 1 aliphatic heterocycles. The Balaban J connectivity index is 1.86. The van der Waals surface area contributed by atoms with Crippen molar-refractivity contribution in [2.75, 3.05) is 6.61 Å². The number of nitrogens with one attached hydrogen (secondary N) is 1. The van der Waals surface area contributed by atoms with Crippen molar-refractivity contribution < 1.29 is 13.2 Å². The minimum atomic E-state index is -3.64. The highest BCUT2D eigenvalue weighted by Gasteiger charge is 2.25. The van der Waals surface area contributed by atoms with E-state index in [1.807, 2.05) is 11.7 Å². The van der Waals surface area contributed by atoms with Crippen LogP contribution < -0.4 is 4.72 Å². The van der Waals surface area contributed by atoms with Crippen LogP contribution in [0.5, 0.6) is 0 Å². The Bertz CT molecular complexity index is 850. The van der Waals surface area contributed by atoms with Crippen LogP contribution in [0.15, 0.2) is 4.90 Å². The third-order valence-corrected chi connectivity index (χ3v) is 5.88. The molecule has 8 nitrogen and oxygen atoms in total. The third kappa shape index (κ3) is 2.79. The molecule has 0 radical (unpaired) electrons. The van der Waals surface area contributed by atoms with E-state index in [-0.39, 0.29) is 11.4 Å². The molecule has 23 heavy (non-hydrogen) atoms. The van der Waals surface area contributed by atoms with Crippen LogP contribution in [0.2, 0.25) is 0 Å². The molecule has 0 aliphatic carbocycles. The number of hydrogen-bond donors (Lipinski definition) is 1. The number of hydrogen-bond acceptors (Lipinski definition) is 5. The van der Waals surface area contributed by atoms with Crippen LogP contribution in [0.25, 0.3) is 0 Å². The summed E-state index contributed by atoms with van der Waals surface area (Å²) in [5.41, 5.74) is 3.91. The molecule has 0 spiro atoms. The maximum Gasteiger partial charge on any atom is 0.244 e. The second kappa shape index (κ2) is 5.73. The van der Waals surface area contributed by atoms with E-state index < -0.39 is 10.0 Å². The lowest BCUT2D eigenvalue weighted by atomic mass is 10.1. The maximum atomic E-state index is 12.6. The van der Waals surface area contributed by atoms with Gasteiger partial charge in [0.1, 0.15) is 4.90 Å². The average molecular weight is 339 g/mol. The first kappa shape index (κ1) is 16.2. The molecule has 0 fully saturated rings. The predicted molar refractivity (Wildman–Crippen MR) is 83.3 cm³/mol. The van der Waals surface area contributed by atoms with Crippen LogP contribution in [-0.2, 0) is 48.4 Å². The molecule has 0 bridgehead atoms. The number of aromatic nitrogens is 4. The van der Waals surface area contributed by atoms with Gasteiger partial charge in [-0.2, -0.15) is 10.2 Å². The lowest BCUT2D eigenvalue weighted by Crippen LogP contribution is -2.25. The summed E-state index contributed by atoms with van der Waals surface area (Å²) in [5, 5.41) is 8.59. The van der Waals surface area contributed by atoms with Gasteiger partial charge in [0.15, 0.2) is 0 Å². The number of nitrogens with zero attached hydrogens (tertiary/aromatic N) is 4. The first-order valence-corrected chi connectivity index (χ1v) is 8.91. The summed E-state index contributed by atoms with van der Waals surface area (Å²) in [7, 11) is -0.0371. The molecule has 0 aromatic carbocycles. The van der Waals surface area contributed by atoms with E-state index in [0.29, 0.717) is 30.3 Å². The van der Waals surface area contributed by atoms with Gasteiger partial charge in [-0.05, 0) is 13.8 Å². The van der Waals surface area contributed by atoms with Crippen molar-refractivity contribution in [1.29, 1.82) is 0 Å². The van der Waals surface area contributed by atoms with Crippen molar-refractivity contribution >= 4 is 10.0 Å². The summed E-state index contributed by atoms with van der Waals surface area (Å²) in [5.74, 6) is 0. The highest BCUT2D eigenvalue weighted by Crippen LogP contribution is 2.22. The zero-order valence-electron chi connectivity index (χ0n) is 13.8. The van der Waals surface area contributed by atoms with Crippen molar-refractivity contribution in [3.63, 3.8) is 0 Å². The first-order valence-electron chi connectivity index (χ1n) is 7.42. The fraction of sp³-hybridized carbons (Fsp3) is 0.571. The summed E-state index contributed by atoms with van der Waals surface area (Å²) in [6.07, 6.45) is 0.798. The normalized spacial score (nSPS) is 15.0. The molecule has 1 aliphatic rings. The zero-order chi connectivity index (χ0) is 16.8. The average Bonchev–Trinajstić information content (AvgIpc) is 2.95. The quantitative estimate of drug-likeness (QED) is 0.866. The summed E-state index contributed by atoms with van der Waals surface area (Å²) >= 11 is 0. The highest BCUT2D eigenvalue weighted by molar-refractivity contribution is 7.89. The van der Waals surface area contributed by atoms with Crippen LogP contribution in [0.4, 0.5) is 0 Å². The van der Waals surface area contributed by atoms with Crippen LogP contribution in [0.1, 0.15) is 28.3 Å². The molecule has 0 atom stereocenters. The van der Waals surface area contributed by atoms with Crippen molar-refractivity contribution in [3.05, 3.63) is 28.3 Å². The Hall–Kier alpha value is -1.71. The van der Waals surface area contributed by atoms with E-state index in [0.717, 1.165) is 17.7 Å². The Morgan fingerprint density at radius 2 is 1.96 bits per heavy atom. The third-order valence-electron chi connectivity index (χ3n) is 4.23. The predicted octanol–water partition coefficient (Wildman–Crippen LogP) is 0.322. The molecule has 0 unspecified atom stereocenters. The van der Waals surface area contributed by atoms with Crippen LogP contribution >= 0.6 is 0 Å². The van der Waals surface area contributed by atoms with E-state index in [4.69, 9.17) is 4.74 Å². The highest BCUT2D eigenvalue weighted by atomic mass is 32.2. The van der Waals surface area contributed by atoms with E-state index in [1.54, 1.807) is 25.6 Å². The molecule has 1 N–H and O–H groups in total. The number of rotatable bonds is 4. The van der Waals surface area contributed by atoms with Gasteiger partial charge in [0.25, 0.3) is 0 Å². The van der Waals surface area contributed by atoms with Gasteiger partial charge in [-0.1, -0.05) is 0 Å². The van der Waals surface area contributed by atoms with Crippen LogP contribution in [-0.4, -0.2) is 34.6 Å². The molecule has 2 aromatic rings. The molecular weight excluding hydrogens is 318 g/mol. The van der Waals surface area contributed by atoms with Gasteiger partial charge in [0.2, 0.25) is 10.0 Å². The topological polar surface area (TPSA) is 91.0 Å². The van der Waals surface area contributed by atoms with Crippen molar-refractivity contribution in [3.8, 4) is 0 Å². The molecule has 2 aromatic heterocycles. The standard InChI is InChI=1S/C14H21N5O3S/c1-9-14(10(2)18(3)16-9)23(20,21)15-7-12-11-8-22-6-5-13(11)19(4)17-12/h15H,5-8H2,1-4H3. The summed E-state index contributed by atoms with van der Waals surface area (Å²) in [4.78, 5) is 0.237. The molecule has 0 amide bonds. The minimum absolute atomic E-state index is 0.142. The SMILES string of the molecule is Cc1nn(C)c(C)c1S(=O)(=O)NCc1nn(C)c2c1COCC2. The van der Waals surface area contributed by atoms with Crippen LogP contribution in [0, 0.1) is 13.8 Å². The molecule has 9 heteroatoms. The first-order chi connectivity index (χ1) is 10.8. The van der Waals surface area contributed by atoms with Gasteiger partial charge in [0.05, 0.1) is 36.8 Å². The molecule has 0 saturated carbocycles. The number of sulfonamides is 1. The van der Waals surface area contributed by atoms with Crippen LogP contribution in [0.3, 0.4) is 0 Å². The van der Waals surface area contributed by atoms with Gasteiger partial charge < -0.3 is 4.74 Å². The van der Waals surface area contributed by atoms with Crippen molar-refractivity contribution in [2.45, 2.75) is 38.3 Å². The maximum absolute atomic E-state index is 12.6. The Kier molecular flexibility index (Phi) is 4.03. The van der Waals surface area contributed by atoms with E-state index >= 15 is 0 Å². The monoisotopic (exact) mass is 339 g/mol. The second-order valence-corrected chi connectivity index (χ2v) is 7.45. The summed E-state index contributed by atoms with van der Waals surface area (Å²) < 4.78 is 36.7. The van der Waals surface area contributed by atoms with Gasteiger partial charge in [0, 0.05) is 31.8 Å². The number of fused-ring (bicyclic) bond motifs is 1.